The quantitative estimate of drug-likeness (QED) is 0.680. The maximum Gasteiger partial charge on any atom is 0.573 e. The van der Waals surface area contributed by atoms with E-state index in [1.54, 1.807) is 0 Å². The highest BCUT2D eigenvalue weighted by atomic mass is 19.4. The molecule has 0 aliphatic carbocycles. The molecular formula is C10H9F3N2O4. The van der Waals surface area contributed by atoms with Gasteiger partial charge in [0.1, 0.15) is 11.4 Å². The zero-order valence-electron chi connectivity index (χ0n) is 9.87. The first kappa shape index (κ1) is 14.7. The van der Waals surface area contributed by atoms with Crippen LogP contribution >= 0.6 is 0 Å². The van der Waals surface area contributed by atoms with Crippen molar-refractivity contribution in [2.75, 3.05) is 5.32 Å². The normalized spacial score (nSPS) is 11.0. The smallest absolute Gasteiger partial charge is 0.406 e. The number of halogens is 3. The SMILES string of the molecule is CC(=O)Nc1c(C)cc(OC(F)(F)F)cc1[N+](=O)[O-]. The van der Waals surface area contributed by atoms with Crippen LogP contribution in [0, 0.1) is 17.0 Å². The molecule has 0 saturated carbocycles. The minimum Gasteiger partial charge on any atom is -0.406 e. The van der Waals surface area contributed by atoms with Crippen molar-refractivity contribution in [3.8, 4) is 5.75 Å². The molecule has 1 amide bonds. The van der Waals surface area contributed by atoms with Crippen molar-refractivity contribution >= 4 is 17.3 Å². The van der Waals surface area contributed by atoms with E-state index in [9.17, 15) is 28.1 Å². The predicted molar refractivity (Wildman–Crippen MR) is 58.8 cm³/mol. The van der Waals surface area contributed by atoms with E-state index in [2.05, 4.69) is 10.1 Å². The fourth-order valence-electron chi connectivity index (χ4n) is 1.41. The van der Waals surface area contributed by atoms with Crippen molar-refractivity contribution < 1.29 is 27.6 Å². The van der Waals surface area contributed by atoms with Gasteiger partial charge in [0, 0.05) is 6.92 Å². The summed E-state index contributed by atoms with van der Waals surface area (Å²) in [7, 11) is 0. The molecule has 6 nitrogen and oxygen atoms in total. The van der Waals surface area contributed by atoms with Crippen LogP contribution in [-0.4, -0.2) is 17.2 Å². The molecule has 0 aliphatic heterocycles. The Morgan fingerprint density at radius 1 is 1.42 bits per heavy atom. The number of ether oxygens (including phenoxy) is 1. The molecular weight excluding hydrogens is 269 g/mol. The maximum absolute atomic E-state index is 12.1. The summed E-state index contributed by atoms with van der Waals surface area (Å²) < 4.78 is 39.8. The number of carbonyl (C=O) groups is 1. The Labute approximate surface area is 105 Å². The van der Waals surface area contributed by atoms with Crippen LogP contribution in [0.25, 0.3) is 0 Å². The first-order valence-corrected chi connectivity index (χ1v) is 4.92. The van der Waals surface area contributed by atoms with E-state index in [0.29, 0.717) is 6.07 Å². The van der Waals surface area contributed by atoms with E-state index in [1.165, 1.54) is 6.92 Å². The molecule has 0 spiro atoms. The molecule has 1 aromatic rings. The lowest BCUT2D eigenvalue weighted by atomic mass is 10.1. The Hall–Kier alpha value is -2.32. The number of hydrogen-bond donors (Lipinski definition) is 1. The Morgan fingerprint density at radius 3 is 2.42 bits per heavy atom. The Kier molecular flexibility index (Phi) is 3.98. The van der Waals surface area contributed by atoms with Crippen molar-refractivity contribution in [1.29, 1.82) is 0 Å². The molecule has 1 N–H and O–H groups in total. The molecule has 0 saturated heterocycles. The summed E-state index contributed by atoms with van der Waals surface area (Å²) in [6, 6.07) is 1.55. The molecule has 0 radical (unpaired) electrons. The first-order valence-electron chi connectivity index (χ1n) is 4.92. The van der Waals surface area contributed by atoms with Gasteiger partial charge in [0.2, 0.25) is 5.91 Å². The summed E-state index contributed by atoms with van der Waals surface area (Å²) in [6.07, 6.45) is -4.95. The number of alkyl halides is 3. The number of nitrogens with zero attached hydrogens (tertiary/aromatic N) is 1. The average Bonchev–Trinajstić information content (AvgIpc) is 2.18. The van der Waals surface area contributed by atoms with Crippen LogP contribution in [-0.2, 0) is 4.79 Å². The van der Waals surface area contributed by atoms with Gasteiger partial charge in [-0.15, -0.1) is 13.2 Å². The number of nitrogens with one attached hydrogen (secondary N) is 1. The van der Waals surface area contributed by atoms with Gasteiger partial charge in [-0.3, -0.25) is 14.9 Å². The number of nitro groups is 1. The highest BCUT2D eigenvalue weighted by Gasteiger charge is 2.32. The van der Waals surface area contributed by atoms with Crippen molar-refractivity contribution in [1.82, 2.24) is 0 Å². The highest BCUT2D eigenvalue weighted by Crippen LogP contribution is 2.35. The third-order valence-corrected chi connectivity index (χ3v) is 2.02. The molecule has 0 atom stereocenters. The molecule has 0 fully saturated rings. The van der Waals surface area contributed by atoms with Crippen LogP contribution in [0.15, 0.2) is 12.1 Å². The Bertz CT molecular complexity index is 528. The van der Waals surface area contributed by atoms with Crippen LogP contribution in [0.2, 0.25) is 0 Å². The van der Waals surface area contributed by atoms with Crippen LogP contribution in [0.4, 0.5) is 24.5 Å². The van der Waals surface area contributed by atoms with E-state index in [4.69, 9.17) is 0 Å². The van der Waals surface area contributed by atoms with Gasteiger partial charge in [0.25, 0.3) is 5.69 Å². The number of amides is 1. The van der Waals surface area contributed by atoms with E-state index in [1.807, 2.05) is 0 Å². The van der Waals surface area contributed by atoms with Crippen molar-refractivity contribution in [3.63, 3.8) is 0 Å². The molecule has 0 unspecified atom stereocenters. The van der Waals surface area contributed by atoms with E-state index >= 15 is 0 Å². The van der Waals surface area contributed by atoms with Crippen molar-refractivity contribution in [2.45, 2.75) is 20.2 Å². The lowest BCUT2D eigenvalue weighted by Crippen LogP contribution is -2.18. The van der Waals surface area contributed by atoms with Crippen LogP contribution in [0.5, 0.6) is 5.75 Å². The van der Waals surface area contributed by atoms with Crippen molar-refractivity contribution in [3.05, 3.63) is 27.8 Å². The van der Waals surface area contributed by atoms with Gasteiger partial charge in [-0.25, -0.2) is 0 Å². The second-order valence-electron chi connectivity index (χ2n) is 3.62. The molecule has 0 aromatic heterocycles. The first-order chi connectivity index (χ1) is 8.60. The van der Waals surface area contributed by atoms with E-state index in [-0.39, 0.29) is 11.3 Å². The summed E-state index contributed by atoms with van der Waals surface area (Å²) in [4.78, 5) is 20.8. The molecule has 9 heteroatoms. The fourth-order valence-corrected chi connectivity index (χ4v) is 1.41. The minimum atomic E-state index is -4.95. The van der Waals surface area contributed by atoms with Crippen LogP contribution in [0.1, 0.15) is 12.5 Å². The molecule has 1 rings (SSSR count). The van der Waals surface area contributed by atoms with Gasteiger partial charge in [-0.05, 0) is 18.6 Å². The van der Waals surface area contributed by atoms with E-state index < -0.39 is 28.6 Å². The zero-order chi connectivity index (χ0) is 14.8. The summed E-state index contributed by atoms with van der Waals surface area (Å²) in [5, 5.41) is 13.0. The topological polar surface area (TPSA) is 81.5 Å². The second-order valence-corrected chi connectivity index (χ2v) is 3.62. The summed E-state index contributed by atoms with van der Waals surface area (Å²) in [5.74, 6) is -1.29. The number of nitro benzene ring substituents is 1. The summed E-state index contributed by atoms with van der Waals surface area (Å²) in [6.45, 7) is 2.45. The van der Waals surface area contributed by atoms with Crippen LogP contribution in [0.3, 0.4) is 0 Å². The monoisotopic (exact) mass is 278 g/mol. The molecule has 0 aliphatic rings. The summed E-state index contributed by atoms with van der Waals surface area (Å²) in [5.41, 5.74) is -0.745. The fraction of sp³-hybridized carbons (Fsp3) is 0.300. The van der Waals surface area contributed by atoms with Gasteiger partial charge in [-0.2, -0.15) is 0 Å². The lowest BCUT2D eigenvalue weighted by Gasteiger charge is -2.12. The number of anilines is 1. The number of benzene rings is 1. The molecule has 104 valence electrons. The number of carbonyl (C=O) groups excluding carboxylic acids is 1. The highest BCUT2D eigenvalue weighted by molar-refractivity contribution is 5.92. The van der Waals surface area contributed by atoms with Crippen molar-refractivity contribution in [2.24, 2.45) is 0 Å². The Morgan fingerprint density at radius 2 is 2.00 bits per heavy atom. The molecule has 1 aromatic carbocycles. The second kappa shape index (κ2) is 5.12. The zero-order valence-corrected chi connectivity index (χ0v) is 9.87. The minimum absolute atomic E-state index is 0.0867. The third kappa shape index (κ3) is 4.12. The van der Waals surface area contributed by atoms with Crippen LogP contribution < -0.4 is 10.1 Å². The Balaban J connectivity index is 3.29. The number of rotatable bonds is 3. The predicted octanol–water partition coefficient (Wildman–Crippen LogP) is 2.76. The summed E-state index contributed by atoms with van der Waals surface area (Å²) >= 11 is 0. The van der Waals surface area contributed by atoms with Gasteiger partial charge >= 0.3 is 6.36 Å². The molecule has 0 heterocycles. The third-order valence-electron chi connectivity index (χ3n) is 2.02. The molecule has 19 heavy (non-hydrogen) atoms. The number of aryl methyl sites for hydroxylation is 1. The number of hydrogen-bond acceptors (Lipinski definition) is 4. The van der Waals surface area contributed by atoms with Gasteiger partial charge in [0.05, 0.1) is 11.0 Å². The maximum atomic E-state index is 12.1. The van der Waals surface area contributed by atoms with E-state index in [0.717, 1.165) is 13.0 Å². The average molecular weight is 278 g/mol. The van der Waals surface area contributed by atoms with Gasteiger partial charge in [0.15, 0.2) is 0 Å². The largest absolute Gasteiger partial charge is 0.573 e. The standard InChI is InChI=1S/C10H9F3N2O4/c1-5-3-7(19-10(11,12)13)4-8(15(17)18)9(5)14-6(2)16/h3-4H,1-2H3,(H,14,16). The lowest BCUT2D eigenvalue weighted by molar-refractivity contribution is -0.384. The van der Waals surface area contributed by atoms with Gasteiger partial charge in [-0.1, -0.05) is 0 Å². The van der Waals surface area contributed by atoms with Gasteiger partial charge < -0.3 is 10.1 Å². The molecule has 0 bridgehead atoms.